The third-order valence-electron chi connectivity index (χ3n) is 4.77. The smallest absolute Gasteiger partial charge is 0.340 e. The number of halogens is 1. The van der Waals surface area contributed by atoms with Crippen molar-refractivity contribution in [1.29, 1.82) is 0 Å². The van der Waals surface area contributed by atoms with E-state index in [9.17, 15) is 9.59 Å². The molecule has 30 heavy (non-hydrogen) atoms. The summed E-state index contributed by atoms with van der Waals surface area (Å²) in [6.45, 7) is 0.288. The van der Waals surface area contributed by atoms with E-state index in [-0.39, 0.29) is 12.5 Å². The molecule has 0 atom stereocenters. The maximum atomic E-state index is 13.2. The van der Waals surface area contributed by atoms with E-state index in [1.165, 1.54) is 17.9 Å². The van der Waals surface area contributed by atoms with Crippen LogP contribution in [-0.2, 0) is 11.3 Å². The number of rotatable bonds is 5. The molecule has 0 aliphatic carbocycles. The van der Waals surface area contributed by atoms with Crippen LogP contribution in [0.1, 0.15) is 26.3 Å². The number of aromatic nitrogens is 1. The Morgan fingerprint density at radius 3 is 2.53 bits per heavy atom. The molecule has 6 heteroatoms. The van der Waals surface area contributed by atoms with Crippen LogP contribution in [0.4, 0.5) is 0 Å². The summed E-state index contributed by atoms with van der Waals surface area (Å²) in [7, 11) is 1.32. The number of hydrogen-bond donors (Lipinski definition) is 0. The van der Waals surface area contributed by atoms with Gasteiger partial charge in [-0.25, -0.2) is 4.79 Å². The second kappa shape index (κ2) is 8.43. The SMILES string of the molecule is COC(=O)c1cn(C(=O)c2cccc(OCc3ccccc3Cl)c2)c2ccccc12. The Morgan fingerprint density at radius 1 is 0.967 bits per heavy atom. The Labute approximate surface area is 178 Å². The molecule has 0 saturated carbocycles. The Morgan fingerprint density at radius 2 is 1.73 bits per heavy atom. The number of esters is 1. The van der Waals surface area contributed by atoms with E-state index < -0.39 is 5.97 Å². The predicted molar refractivity (Wildman–Crippen MR) is 115 cm³/mol. The van der Waals surface area contributed by atoms with Crippen molar-refractivity contribution in [1.82, 2.24) is 4.57 Å². The zero-order valence-corrected chi connectivity index (χ0v) is 16.9. The molecular formula is C24H18ClNO4. The molecular weight excluding hydrogens is 402 g/mol. The number of ether oxygens (including phenoxy) is 2. The third kappa shape index (κ3) is 3.80. The van der Waals surface area contributed by atoms with Crippen LogP contribution in [0.25, 0.3) is 10.9 Å². The van der Waals surface area contributed by atoms with E-state index in [1.54, 1.807) is 42.5 Å². The highest BCUT2D eigenvalue weighted by atomic mass is 35.5. The van der Waals surface area contributed by atoms with Crippen LogP contribution in [-0.4, -0.2) is 23.6 Å². The number of fused-ring (bicyclic) bond motifs is 1. The molecule has 0 saturated heterocycles. The normalized spacial score (nSPS) is 10.7. The fraction of sp³-hybridized carbons (Fsp3) is 0.0833. The van der Waals surface area contributed by atoms with Gasteiger partial charge in [-0.1, -0.05) is 54.1 Å². The van der Waals surface area contributed by atoms with Gasteiger partial charge in [0.05, 0.1) is 18.2 Å². The highest BCUT2D eigenvalue weighted by molar-refractivity contribution is 6.31. The molecule has 3 aromatic carbocycles. The monoisotopic (exact) mass is 419 g/mol. The molecule has 5 nitrogen and oxygen atoms in total. The molecule has 0 aliphatic rings. The molecule has 4 rings (SSSR count). The molecule has 0 unspecified atom stereocenters. The van der Waals surface area contributed by atoms with Gasteiger partial charge in [0.2, 0.25) is 0 Å². The van der Waals surface area contributed by atoms with Gasteiger partial charge in [0, 0.05) is 27.7 Å². The van der Waals surface area contributed by atoms with Crippen molar-refractivity contribution in [3.05, 3.63) is 101 Å². The van der Waals surface area contributed by atoms with Gasteiger partial charge < -0.3 is 9.47 Å². The summed E-state index contributed by atoms with van der Waals surface area (Å²) in [6, 6.07) is 21.5. The van der Waals surface area contributed by atoms with Crippen molar-refractivity contribution in [2.24, 2.45) is 0 Å². The van der Waals surface area contributed by atoms with E-state index in [0.29, 0.717) is 32.8 Å². The van der Waals surface area contributed by atoms with Crippen molar-refractivity contribution >= 4 is 34.4 Å². The fourth-order valence-corrected chi connectivity index (χ4v) is 3.45. The fourth-order valence-electron chi connectivity index (χ4n) is 3.25. The van der Waals surface area contributed by atoms with E-state index >= 15 is 0 Å². The van der Waals surface area contributed by atoms with E-state index in [0.717, 1.165) is 5.56 Å². The summed E-state index contributed by atoms with van der Waals surface area (Å²) in [4.78, 5) is 25.3. The second-order valence-corrected chi connectivity index (χ2v) is 7.04. The zero-order chi connectivity index (χ0) is 21.1. The Hall–Kier alpha value is -3.57. The molecule has 0 radical (unpaired) electrons. The topological polar surface area (TPSA) is 57.5 Å². The number of benzene rings is 3. The molecule has 150 valence electrons. The maximum absolute atomic E-state index is 13.2. The lowest BCUT2D eigenvalue weighted by Gasteiger charge is -2.10. The lowest BCUT2D eigenvalue weighted by atomic mass is 10.2. The number of carbonyl (C=O) groups excluding carboxylic acids is 2. The summed E-state index contributed by atoms with van der Waals surface area (Å²) in [5, 5.41) is 1.28. The molecule has 4 aromatic rings. The molecule has 1 heterocycles. The van der Waals surface area contributed by atoms with Crippen LogP contribution >= 0.6 is 11.6 Å². The van der Waals surface area contributed by atoms with Crippen LogP contribution in [0, 0.1) is 0 Å². The minimum Gasteiger partial charge on any atom is -0.489 e. The minimum absolute atomic E-state index is 0.274. The highest BCUT2D eigenvalue weighted by Crippen LogP contribution is 2.25. The van der Waals surface area contributed by atoms with E-state index in [1.807, 2.05) is 30.3 Å². The second-order valence-electron chi connectivity index (χ2n) is 6.63. The van der Waals surface area contributed by atoms with Gasteiger partial charge in [0.1, 0.15) is 12.4 Å². The number of nitrogens with zero attached hydrogens (tertiary/aromatic N) is 1. The highest BCUT2D eigenvalue weighted by Gasteiger charge is 2.19. The third-order valence-corrected chi connectivity index (χ3v) is 5.14. The Balaban J connectivity index is 1.64. The summed E-state index contributed by atoms with van der Waals surface area (Å²) in [6.07, 6.45) is 1.51. The van der Waals surface area contributed by atoms with Crippen LogP contribution in [0.5, 0.6) is 5.75 Å². The van der Waals surface area contributed by atoms with Gasteiger partial charge in [-0.05, 0) is 30.3 Å². The molecule has 0 fully saturated rings. The van der Waals surface area contributed by atoms with Crippen molar-refractivity contribution < 1.29 is 19.1 Å². The van der Waals surface area contributed by atoms with Gasteiger partial charge in [-0.15, -0.1) is 0 Å². The van der Waals surface area contributed by atoms with Crippen LogP contribution < -0.4 is 4.74 Å². The quantitative estimate of drug-likeness (QED) is 0.409. The van der Waals surface area contributed by atoms with Crippen molar-refractivity contribution in [3.8, 4) is 5.75 Å². The first-order chi connectivity index (χ1) is 14.6. The molecule has 0 amide bonds. The number of carbonyl (C=O) groups is 2. The standard InChI is InChI=1S/C24H18ClNO4/c1-29-24(28)20-14-26(22-12-5-3-10-19(20)22)23(27)16-8-6-9-18(13-16)30-15-17-7-2-4-11-21(17)25/h2-14H,15H2,1H3. The molecule has 0 bridgehead atoms. The number of para-hydroxylation sites is 1. The number of hydrogen-bond acceptors (Lipinski definition) is 4. The van der Waals surface area contributed by atoms with E-state index in [4.69, 9.17) is 21.1 Å². The van der Waals surface area contributed by atoms with E-state index in [2.05, 4.69) is 0 Å². The first kappa shape index (κ1) is 19.7. The summed E-state index contributed by atoms with van der Waals surface area (Å²) in [5.41, 5.74) is 2.26. The van der Waals surface area contributed by atoms with Crippen molar-refractivity contribution in [2.75, 3.05) is 7.11 Å². The summed E-state index contributed by atoms with van der Waals surface area (Å²) in [5.74, 6) is -0.218. The first-order valence-corrected chi connectivity index (χ1v) is 9.65. The maximum Gasteiger partial charge on any atom is 0.340 e. The molecule has 0 N–H and O–H groups in total. The summed E-state index contributed by atoms with van der Waals surface area (Å²) >= 11 is 6.17. The van der Waals surface area contributed by atoms with Gasteiger partial charge in [0.25, 0.3) is 5.91 Å². The summed E-state index contributed by atoms with van der Waals surface area (Å²) < 4.78 is 12.1. The Bertz CT molecular complexity index is 1240. The van der Waals surface area contributed by atoms with Crippen LogP contribution in [0.15, 0.2) is 79.0 Å². The van der Waals surface area contributed by atoms with Crippen molar-refractivity contribution in [3.63, 3.8) is 0 Å². The van der Waals surface area contributed by atoms with Gasteiger partial charge in [-0.3, -0.25) is 9.36 Å². The first-order valence-electron chi connectivity index (χ1n) is 9.28. The molecule has 0 spiro atoms. The minimum atomic E-state index is -0.491. The Kier molecular flexibility index (Phi) is 5.55. The average Bonchev–Trinajstić information content (AvgIpc) is 3.17. The lowest BCUT2D eigenvalue weighted by Crippen LogP contribution is -2.11. The van der Waals surface area contributed by atoms with Crippen LogP contribution in [0.3, 0.4) is 0 Å². The zero-order valence-electron chi connectivity index (χ0n) is 16.2. The van der Waals surface area contributed by atoms with Crippen LogP contribution in [0.2, 0.25) is 5.02 Å². The lowest BCUT2D eigenvalue weighted by molar-refractivity contribution is 0.0603. The largest absolute Gasteiger partial charge is 0.489 e. The van der Waals surface area contributed by atoms with Gasteiger partial charge >= 0.3 is 5.97 Å². The molecule has 0 aliphatic heterocycles. The van der Waals surface area contributed by atoms with Crippen molar-refractivity contribution in [2.45, 2.75) is 6.61 Å². The van der Waals surface area contributed by atoms with Gasteiger partial charge in [-0.2, -0.15) is 0 Å². The number of methoxy groups -OCH3 is 1. The van der Waals surface area contributed by atoms with Gasteiger partial charge in [0.15, 0.2) is 0 Å². The average molecular weight is 420 g/mol. The molecule has 1 aromatic heterocycles. The predicted octanol–water partition coefficient (Wildman–Crippen LogP) is 5.35.